The van der Waals surface area contributed by atoms with Gasteiger partial charge in [-0.1, -0.05) is 11.6 Å². The average Bonchev–Trinajstić information content (AvgIpc) is 2.74. The van der Waals surface area contributed by atoms with Gasteiger partial charge < -0.3 is 9.64 Å². The molecule has 1 aromatic rings. The molecule has 8 heteroatoms. The molecule has 0 aliphatic carbocycles. The predicted octanol–water partition coefficient (Wildman–Crippen LogP) is 1.76. The molecule has 1 saturated heterocycles. The van der Waals surface area contributed by atoms with Gasteiger partial charge in [0.1, 0.15) is 5.75 Å². The molecule has 0 aromatic heterocycles. The van der Waals surface area contributed by atoms with E-state index in [1.54, 1.807) is 17.0 Å². The lowest BCUT2D eigenvalue weighted by Gasteiger charge is -2.22. The number of benzene rings is 1. The van der Waals surface area contributed by atoms with Gasteiger partial charge in [0.2, 0.25) is 10.0 Å². The van der Waals surface area contributed by atoms with E-state index in [0.717, 1.165) is 5.56 Å². The molecule has 0 spiro atoms. The van der Waals surface area contributed by atoms with Crippen LogP contribution in [-0.2, 0) is 10.0 Å². The number of methoxy groups -OCH3 is 1. The Labute approximate surface area is 142 Å². The zero-order chi connectivity index (χ0) is 17.2. The van der Waals surface area contributed by atoms with E-state index < -0.39 is 10.0 Å². The standard InChI is InChI=1S/C15H21ClN2O4S/c1-11-9-14(22-2)12(10-13(11)16)15(19)17-5-4-6-18(8-7-17)23(3,20)21/h9-10H,4-8H2,1-3H3. The van der Waals surface area contributed by atoms with Crippen molar-refractivity contribution in [2.45, 2.75) is 13.3 Å². The molecule has 0 radical (unpaired) electrons. The highest BCUT2D eigenvalue weighted by Crippen LogP contribution is 2.28. The number of nitrogens with zero attached hydrogens (tertiary/aromatic N) is 2. The predicted molar refractivity (Wildman–Crippen MR) is 89.7 cm³/mol. The van der Waals surface area contributed by atoms with Crippen molar-refractivity contribution in [2.24, 2.45) is 0 Å². The molecule has 0 saturated carbocycles. The van der Waals surface area contributed by atoms with Crippen molar-refractivity contribution in [1.29, 1.82) is 0 Å². The molecule has 0 atom stereocenters. The molecule has 1 amide bonds. The van der Waals surface area contributed by atoms with Crippen molar-refractivity contribution in [1.82, 2.24) is 9.21 Å². The minimum Gasteiger partial charge on any atom is -0.496 e. The summed E-state index contributed by atoms with van der Waals surface area (Å²) in [4.78, 5) is 14.4. The number of rotatable bonds is 3. The summed E-state index contributed by atoms with van der Waals surface area (Å²) in [5.41, 5.74) is 1.23. The SMILES string of the molecule is COc1cc(C)c(Cl)cc1C(=O)N1CCCN(S(C)(=O)=O)CC1. The van der Waals surface area contributed by atoms with Gasteiger partial charge in [0.15, 0.2) is 0 Å². The lowest BCUT2D eigenvalue weighted by Crippen LogP contribution is -2.37. The Bertz CT molecular complexity index is 706. The molecule has 23 heavy (non-hydrogen) atoms. The van der Waals surface area contributed by atoms with E-state index in [1.807, 2.05) is 6.92 Å². The Morgan fingerprint density at radius 3 is 2.52 bits per heavy atom. The number of carbonyl (C=O) groups is 1. The van der Waals surface area contributed by atoms with E-state index >= 15 is 0 Å². The molecule has 1 fully saturated rings. The number of ether oxygens (including phenoxy) is 1. The van der Waals surface area contributed by atoms with E-state index in [2.05, 4.69) is 0 Å². The molecule has 128 valence electrons. The summed E-state index contributed by atoms with van der Waals surface area (Å²) in [7, 11) is -1.73. The van der Waals surface area contributed by atoms with E-state index in [9.17, 15) is 13.2 Å². The second kappa shape index (κ2) is 7.07. The highest BCUT2D eigenvalue weighted by molar-refractivity contribution is 7.88. The van der Waals surface area contributed by atoms with Gasteiger partial charge in [0, 0.05) is 31.2 Å². The minimum atomic E-state index is -3.24. The van der Waals surface area contributed by atoms with Gasteiger partial charge in [0.25, 0.3) is 5.91 Å². The van der Waals surface area contributed by atoms with E-state index in [4.69, 9.17) is 16.3 Å². The van der Waals surface area contributed by atoms with Gasteiger partial charge in [-0.05, 0) is 31.0 Å². The van der Waals surface area contributed by atoms with Crippen LogP contribution in [-0.4, -0.2) is 63.1 Å². The smallest absolute Gasteiger partial charge is 0.257 e. The van der Waals surface area contributed by atoms with E-state index in [1.165, 1.54) is 17.7 Å². The van der Waals surface area contributed by atoms with Crippen LogP contribution in [0.15, 0.2) is 12.1 Å². The summed E-state index contributed by atoms with van der Waals surface area (Å²) >= 11 is 6.13. The van der Waals surface area contributed by atoms with Crippen molar-refractivity contribution >= 4 is 27.5 Å². The molecule has 1 aliphatic heterocycles. The maximum absolute atomic E-state index is 12.8. The van der Waals surface area contributed by atoms with Gasteiger partial charge >= 0.3 is 0 Å². The molecule has 0 unspecified atom stereocenters. The fourth-order valence-corrected chi connectivity index (χ4v) is 3.63. The van der Waals surface area contributed by atoms with Gasteiger partial charge in [-0.3, -0.25) is 4.79 Å². The van der Waals surface area contributed by atoms with Gasteiger partial charge in [-0.15, -0.1) is 0 Å². The van der Waals surface area contributed by atoms with E-state index in [0.29, 0.717) is 48.9 Å². The third kappa shape index (κ3) is 4.16. The second-order valence-electron chi connectivity index (χ2n) is 5.61. The quantitative estimate of drug-likeness (QED) is 0.823. The summed E-state index contributed by atoms with van der Waals surface area (Å²) in [6, 6.07) is 3.34. The maximum Gasteiger partial charge on any atom is 0.257 e. The first kappa shape index (κ1) is 18.0. The normalized spacial score (nSPS) is 17.0. The second-order valence-corrected chi connectivity index (χ2v) is 8.00. The number of hydrogen-bond acceptors (Lipinski definition) is 4. The zero-order valence-corrected chi connectivity index (χ0v) is 15.1. The fraction of sp³-hybridized carbons (Fsp3) is 0.533. The molecule has 1 heterocycles. The summed E-state index contributed by atoms with van der Waals surface area (Å²) in [6.07, 6.45) is 1.79. The average molecular weight is 361 g/mol. The number of carbonyl (C=O) groups excluding carboxylic acids is 1. The summed E-state index contributed by atoms with van der Waals surface area (Å²) in [5, 5.41) is 0.502. The number of sulfonamides is 1. The number of amides is 1. The molecular formula is C15H21ClN2O4S. The maximum atomic E-state index is 12.8. The number of aryl methyl sites for hydroxylation is 1. The van der Waals surface area contributed by atoms with Crippen molar-refractivity contribution in [2.75, 3.05) is 39.5 Å². The molecule has 1 aliphatic rings. The summed E-state index contributed by atoms with van der Waals surface area (Å²) in [6.45, 7) is 3.41. The van der Waals surface area contributed by atoms with Gasteiger partial charge in [0.05, 0.1) is 18.9 Å². The van der Waals surface area contributed by atoms with Gasteiger partial charge in [-0.2, -0.15) is 0 Å². The van der Waals surface area contributed by atoms with Crippen LogP contribution in [0.4, 0.5) is 0 Å². The molecule has 6 nitrogen and oxygen atoms in total. The first-order valence-electron chi connectivity index (χ1n) is 7.32. The Morgan fingerprint density at radius 2 is 1.91 bits per heavy atom. The summed E-state index contributed by atoms with van der Waals surface area (Å²) < 4.78 is 30.0. The van der Waals surface area contributed by atoms with Gasteiger partial charge in [-0.25, -0.2) is 12.7 Å². The number of hydrogen-bond donors (Lipinski definition) is 0. The Balaban J connectivity index is 2.23. The van der Waals surface area contributed by atoms with E-state index in [-0.39, 0.29) is 5.91 Å². The highest BCUT2D eigenvalue weighted by Gasteiger charge is 2.26. The lowest BCUT2D eigenvalue weighted by molar-refractivity contribution is 0.0761. The van der Waals surface area contributed by atoms with Crippen LogP contribution in [0.3, 0.4) is 0 Å². The largest absolute Gasteiger partial charge is 0.496 e. The van der Waals surface area contributed by atoms with Crippen LogP contribution >= 0.6 is 11.6 Å². The van der Waals surface area contributed by atoms with Crippen molar-refractivity contribution in [3.8, 4) is 5.75 Å². The topological polar surface area (TPSA) is 66.9 Å². The number of halogens is 1. The molecule has 2 rings (SSSR count). The first-order chi connectivity index (χ1) is 10.7. The first-order valence-corrected chi connectivity index (χ1v) is 9.55. The molecule has 0 N–H and O–H groups in total. The minimum absolute atomic E-state index is 0.195. The molecule has 0 bridgehead atoms. The third-order valence-electron chi connectivity index (χ3n) is 3.92. The highest BCUT2D eigenvalue weighted by atomic mass is 35.5. The monoisotopic (exact) mass is 360 g/mol. The molecular weight excluding hydrogens is 340 g/mol. The zero-order valence-electron chi connectivity index (χ0n) is 13.5. The third-order valence-corrected chi connectivity index (χ3v) is 5.63. The Hall–Kier alpha value is -1.31. The van der Waals surface area contributed by atoms with Crippen molar-refractivity contribution in [3.63, 3.8) is 0 Å². The lowest BCUT2D eigenvalue weighted by atomic mass is 10.1. The fourth-order valence-electron chi connectivity index (χ4n) is 2.59. The van der Waals surface area contributed by atoms with Crippen LogP contribution in [0.25, 0.3) is 0 Å². The van der Waals surface area contributed by atoms with Crippen LogP contribution in [0.5, 0.6) is 5.75 Å². The van der Waals surface area contributed by atoms with Crippen molar-refractivity contribution in [3.05, 3.63) is 28.3 Å². The Kier molecular flexibility index (Phi) is 5.54. The van der Waals surface area contributed by atoms with Crippen LogP contribution in [0.2, 0.25) is 5.02 Å². The molecule has 1 aromatic carbocycles. The summed E-state index contributed by atoms with van der Waals surface area (Å²) in [5.74, 6) is 0.278. The Morgan fingerprint density at radius 1 is 1.22 bits per heavy atom. The van der Waals surface area contributed by atoms with Crippen LogP contribution in [0, 0.1) is 6.92 Å². The van der Waals surface area contributed by atoms with Crippen molar-refractivity contribution < 1.29 is 17.9 Å². The van der Waals surface area contributed by atoms with Crippen LogP contribution < -0.4 is 4.74 Å². The van der Waals surface area contributed by atoms with Crippen LogP contribution in [0.1, 0.15) is 22.3 Å².